The Bertz CT molecular complexity index is 940. The number of benzene rings is 2. The van der Waals surface area contributed by atoms with Gasteiger partial charge >= 0.3 is 11.9 Å². The summed E-state index contributed by atoms with van der Waals surface area (Å²) in [6.45, 7) is 0.160. The summed E-state index contributed by atoms with van der Waals surface area (Å²) in [7, 11) is 0. The molecule has 0 bridgehead atoms. The lowest BCUT2D eigenvalue weighted by Gasteiger charge is -2.33. The minimum Gasteiger partial charge on any atom is -0.471 e. The minimum absolute atomic E-state index is 0.0641. The van der Waals surface area contributed by atoms with Crippen molar-refractivity contribution in [2.24, 2.45) is 0 Å². The van der Waals surface area contributed by atoms with E-state index in [4.69, 9.17) is 14.2 Å². The molecule has 0 aromatic heterocycles. The predicted molar refractivity (Wildman–Crippen MR) is 101 cm³/mol. The molecular weight excluding hydrogens is 374 g/mol. The maximum absolute atomic E-state index is 12.6. The molecule has 2 aromatic carbocycles. The van der Waals surface area contributed by atoms with Crippen LogP contribution in [0, 0.1) is 0 Å². The number of ether oxygens (including phenoxy) is 3. The fourth-order valence-electron chi connectivity index (χ4n) is 3.21. The second-order valence-electron chi connectivity index (χ2n) is 6.71. The van der Waals surface area contributed by atoms with Crippen molar-refractivity contribution >= 4 is 17.8 Å². The van der Waals surface area contributed by atoms with Crippen LogP contribution in [0.15, 0.2) is 72.5 Å². The molecule has 4 rings (SSSR count). The molecule has 0 radical (unpaired) electrons. The Kier molecular flexibility index (Phi) is 5.29. The van der Waals surface area contributed by atoms with E-state index in [0.29, 0.717) is 0 Å². The quantitative estimate of drug-likeness (QED) is 0.426. The molecule has 2 fully saturated rings. The van der Waals surface area contributed by atoms with E-state index in [9.17, 15) is 14.4 Å². The van der Waals surface area contributed by atoms with Crippen molar-refractivity contribution in [3.8, 4) is 0 Å². The summed E-state index contributed by atoms with van der Waals surface area (Å²) in [5.41, 5.74) is 1.66. The molecule has 7 heteroatoms. The van der Waals surface area contributed by atoms with Crippen LogP contribution in [0.4, 0.5) is 0 Å². The number of fused-ring (bicyclic) bond motifs is 1. The smallest absolute Gasteiger partial charge is 0.337 e. The third-order valence-corrected chi connectivity index (χ3v) is 4.70. The summed E-state index contributed by atoms with van der Waals surface area (Å²) in [6, 6.07) is 17.3. The van der Waals surface area contributed by atoms with Gasteiger partial charge in [-0.15, -0.1) is 0 Å². The third kappa shape index (κ3) is 4.13. The Labute approximate surface area is 167 Å². The molecule has 2 atom stereocenters. The van der Waals surface area contributed by atoms with Crippen LogP contribution >= 0.6 is 0 Å². The average molecular weight is 393 g/mol. The number of carbonyl (C=O) groups excluding carboxylic acids is 3. The van der Waals surface area contributed by atoms with Crippen molar-refractivity contribution in [3.63, 3.8) is 0 Å². The van der Waals surface area contributed by atoms with Gasteiger partial charge < -0.3 is 14.2 Å². The zero-order chi connectivity index (χ0) is 20.2. The topological polar surface area (TPSA) is 82.1 Å². The first-order chi connectivity index (χ1) is 14.1. The van der Waals surface area contributed by atoms with Crippen LogP contribution < -0.4 is 0 Å². The highest BCUT2D eigenvalue weighted by Gasteiger charge is 2.54. The molecule has 0 aliphatic carbocycles. The molecule has 2 aliphatic rings. The Morgan fingerprint density at radius 1 is 0.966 bits per heavy atom. The molecule has 0 N–H and O–H groups in total. The summed E-state index contributed by atoms with van der Waals surface area (Å²) in [5, 5.41) is 0. The first-order valence-electron chi connectivity index (χ1n) is 9.22. The molecule has 0 saturated carbocycles. The van der Waals surface area contributed by atoms with E-state index in [1.54, 1.807) is 0 Å². The number of carbonyl (C=O) groups is 3. The zero-order valence-electron chi connectivity index (χ0n) is 15.5. The highest BCUT2D eigenvalue weighted by molar-refractivity contribution is 5.93. The predicted octanol–water partition coefficient (Wildman–Crippen LogP) is 2.31. The molecular formula is C22H19NO6. The lowest BCUT2D eigenvalue weighted by Crippen LogP contribution is -2.55. The molecule has 2 heterocycles. The lowest BCUT2D eigenvalue weighted by atomic mass is 10.1. The number of nitrogens with zero attached hydrogens (tertiary/aromatic N) is 1. The van der Waals surface area contributed by atoms with Crippen molar-refractivity contribution < 1.29 is 28.6 Å². The number of hydrogen-bond acceptors (Lipinski definition) is 6. The van der Waals surface area contributed by atoms with Gasteiger partial charge in [-0.05, 0) is 11.1 Å². The fourth-order valence-corrected chi connectivity index (χ4v) is 3.21. The normalized spacial score (nSPS) is 21.2. The number of esters is 2. The number of hydrogen-bond donors (Lipinski definition) is 0. The van der Waals surface area contributed by atoms with Crippen LogP contribution in [0.1, 0.15) is 17.5 Å². The molecule has 1 amide bonds. The molecule has 0 spiro atoms. The Hall–Kier alpha value is -3.61. The van der Waals surface area contributed by atoms with Crippen LogP contribution in [0.2, 0.25) is 0 Å². The Morgan fingerprint density at radius 3 is 2.14 bits per heavy atom. The molecule has 148 valence electrons. The summed E-state index contributed by atoms with van der Waals surface area (Å²) in [4.78, 5) is 38.1. The first kappa shape index (κ1) is 18.7. The monoisotopic (exact) mass is 393 g/mol. The van der Waals surface area contributed by atoms with E-state index < -0.39 is 24.2 Å². The van der Waals surface area contributed by atoms with Crippen molar-refractivity contribution in [3.05, 3.63) is 83.6 Å². The van der Waals surface area contributed by atoms with Gasteiger partial charge in [-0.3, -0.25) is 9.69 Å². The number of rotatable bonds is 6. The highest BCUT2D eigenvalue weighted by atomic mass is 16.6. The van der Waals surface area contributed by atoms with E-state index in [-0.39, 0.29) is 31.3 Å². The molecule has 7 nitrogen and oxygen atoms in total. The van der Waals surface area contributed by atoms with Crippen LogP contribution in [0.5, 0.6) is 0 Å². The van der Waals surface area contributed by atoms with Crippen LogP contribution in [0.3, 0.4) is 0 Å². The van der Waals surface area contributed by atoms with Gasteiger partial charge in [0.1, 0.15) is 19.0 Å². The summed E-state index contributed by atoms with van der Waals surface area (Å²) < 4.78 is 16.2. The Morgan fingerprint density at radius 2 is 1.55 bits per heavy atom. The van der Waals surface area contributed by atoms with Crippen molar-refractivity contribution in [1.29, 1.82) is 0 Å². The minimum atomic E-state index is -1.07. The molecule has 29 heavy (non-hydrogen) atoms. The van der Waals surface area contributed by atoms with Crippen LogP contribution in [0.25, 0.3) is 0 Å². The second-order valence-corrected chi connectivity index (χ2v) is 6.71. The maximum atomic E-state index is 12.6. The number of amides is 1. The van der Waals surface area contributed by atoms with Gasteiger partial charge in [0, 0.05) is 0 Å². The molecule has 2 aliphatic heterocycles. The SMILES string of the molecule is O=C(C=C1OC2CC(=O)N2C1C(=O)OCc1ccccc1)OCc1ccccc1. The van der Waals surface area contributed by atoms with Gasteiger partial charge in [0.15, 0.2) is 12.3 Å². The van der Waals surface area contributed by atoms with Crippen molar-refractivity contribution in [2.75, 3.05) is 0 Å². The summed E-state index contributed by atoms with van der Waals surface area (Å²) in [5.74, 6) is -1.46. The maximum Gasteiger partial charge on any atom is 0.337 e. The fraction of sp³-hybridized carbons (Fsp3) is 0.227. The van der Waals surface area contributed by atoms with Gasteiger partial charge in [-0.25, -0.2) is 9.59 Å². The van der Waals surface area contributed by atoms with Crippen molar-refractivity contribution in [1.82, 2.24) is 4.90 Å². The van der Waals surface area contributed by atoms with E-state index in [1.165, 1.54) is 4.90 Å². The lowest BCUT2D eigenvalue weighted by molar-refractivity contribution is -0.166. The average Bonchev–Trinajstić information content (AvgIpc) is 3.03. The second kappa shape index (κ2) is 8.18. The number of β-lactam (4-membered cyclic amide) rings is 1. The van der Waals surface area contributed by atoms with Crippen LogP contribution in [-0.4, -0.2) is 35.0 Å². The van der Waals surface area contributed by atoms with Crippen molar-refractivity contribution in [2.45, 2.75) is 31.9 Å². The molecule has 2 saturated heterocycles. The van der Waals surface area contributed by atoms with Gasteiger partial charge in [0.2, 0.25) is 5.91 Å². The van der Waals surface area contributed by atoms with Gasteiger partial charge in [-0.2, -0.15) is 0 Å². The van der Waals surface area contributed by atoms with Crippen LogP contribution in [-0.2, 0) is 41.8 Å². The van der Waals surface area contributed by atoms with Gasteiger partial charge in [-0.1, -0.05) is 60.7 Å². The van der Waals surface area contributed by atoms with E-state index >= 15 is 0 Å². The Balaban J connectivity index is 1.43. The van der Waals surface area contributed by atoms with Gasteiger partial charge in [0.05, 0.1) is 12.5 Å². The standard InChI is InChI=1S/C22H19NO6/c24-18-12-19-23(18)21(22(26)28-14-16-9-5-2-6-10-16)17(29-19)11-20(25)27-13-15-7-3-1-4-8-15/h1-11,19,21H,12-14H2. The van der Waals surface area contributed by atoms with Gasteiger partial charge in [0.25, 0.3) is 0 Å². The van der Waals surface area contributed by atoms with E-state index in [2.05, 4.69) is 0 Å². The first-order valence-corrected chi connectivity index (χ1v) is 9.22. The largest absolute Gasteiger partial charge is 0.471 e. The summed E-state index contributed by atoms with van der Waals surface area (Å²) >= 11 is 0. The van der Waals surface area contributed by atoms with E-state index in [0.717, 1.165) is 17.2 Å². The van der Waals surface area contributed by atoms with E-state index in [1.807, 2.05) is 60.7 Å². The summed E-state index contributed by atoms with van der Waals surface area (Å²) in [6.07, 6.45) is 0.729. The zero-order valence-corrected chi connectivity index (χ0v) is 15.5. The molecule has 2 aromatic rings. The molecule has 2 unspecified atom stereocenters. The third-order valence-electron chi connectivity index (χ3n) is 4.70. The highest BCUT2D eigenvalue weighted by Crippen LogP contribution is 2.37.